The van der Waals surface area contributed by atoms with Crippen LogP contribution in [0.3, 0.4) is 0 Å². The van der Waals surface area contributed by atoms with E-state index in [1.54, 1.807) is 18.3 Å². The van der Waals surface area contributed by atoms with Gasteiger partial charge in [0.2, 0.25) is 10.0 Å². The van der Waals surface area contributed by atoms with E-state index in [0.717, 1.165) is 16.8 Å². The van der Waals surface area contributed by atoms with Gasteiger partial charge in [0.15, 0.2) is 0 Å². The first-order valence-electron chi connectivity index (χ1n) is 6.44. The molecule has 1 N–H and O–H groups in total. The molecule has 0 aliphatic carbocycles. The van der Waals surface area contributed by atoms with Crippen LogP contribution >= 0.6 is 0 Å². The van der Waals surface area contributed by atoms with Crippen LogP contribution in [0.4, 0.5) is 0 Å². The van der Waals surface area contributed by atoms with E-state index in [2.05, 4.69) is 23.6 Å². The van der Waals surface area contributed by atoms with Crippen molar-refractivity contribution in [3.05, 3.63) is 48.3 Å². The van der Waals surface area contributed by atoms with Crippen LogP contribution in [0.5, 0.6) is 0 Å². The minimum Gasteiger partial charge on any atom is -0.260 e. The molecule has 20 heavy (non-hydrogen) atoms. The van der Waals surface area contributed by atoms with Gasteiger partial charge >= 0.3 is 0 Å². The molecule has 0 fully saturated rings. The molecule has 1 aromatic carbocycles. The summed E-state index contributed by atoms with van der Waals surface area (Å²) in [5.74, 6) is 0.312. The third kappa shape index (κ3) is 2.89. The Balaban J connectivity index is 2.46. The zero-order valence-corrected chi connectivity index (χ0v) is 12.6. The maximum atomic E-state index is 11.7. The van der Waals surface area contributed by atoms with Crippen LogP contribution in [0.2, 0.25) is 0 Å². The largest absolute Gasteiger partial charge is 0.260 e. The molecule has 0 bridgehead atoms. The second-order valence-corrected chi connectivity index (χ2v) is 6.71. The van der Waals surface area contributed by atoms with E-state index in [0.29, 0.717) is 5.92 Å². The zero-order valence-electron chi connectivity index (χ0n) is 11.8. The van der Waals surface area contributed by atoms with Gasteiger partial charge in [-0.15, -0.1) is 0 Å². The lowest BCUT2D eigenvalue weighted by molar-refractivity contribution is 0.588. The number of benzene rings is 1. The smallest absolute Gasteiger partial charge is 0.240 e. The van der Waals surface area contributed by atoms with Gasteiger partial charge in [0.05, 0.1) is 10.6 Å². The molecule has 0 radical (unpaired) electrons. The monoisotopic (exact) mass is 290 g/mol. The summed E-state index contributed by atoms with van der Waals surface area (Å²) in [4.78, 5) is 4.67. The lowest BCUT2D eigenvalue weighted by Gasteiger charge is -2.12. The molecule has 0 aliphatic heterocycles. The molecule has 5 heteroatoms. The highest BCUT2D eigenvalue weighted by Gasteiger charge is 2.13. The average Bonchev–Trinajstić information content (AvgIpc) is 2.47. The molecule has 0 amide bonds. The van der Waals surface area contributed by atoms with E-state index in [4.69, 9.17) is 0 Å². The van der Waals surface area contributed by atoms with Gasteiger partial charge in [-0.3, -0.25) is 4.98 Å². The van der Waals surface area contributed by atoms with E-state index in [-0.39, 0.29) is 4.90 Å². The summed E-state index contributed by atoms with van der Waals surface area (Å²) in [6, 6.07) is 10.7. The van der Waals surface area contributed by atoms with Gasteiger partial charge in [-0.05, 0) is 36.7 Å². The third-order valence-electron chi connectivity index (χ3n) is 3.13. The Hall–Kier alpha value is -1.72. The summed E-state index contributed by atoms with van der Waals surface area (Å²) in [5.41, 5.74) is 3.02. The van der Waals surface area contributed by atoms with Crippen molar-refractivity contribution < 1.29 is 8.42 Å². The SMILES string of the molecule is CNS(=O)(=O)c1ccc(-c2cccnc2C(C)C)cc1. The van der Waals surface area contributed by atoms with Crippen LogP contribution in [-0.2, 0) is 10.0 Å². The molecule has 0 saturated heterocycles. The number of aromatic nitrogens is 1. The Morgan fingerprint density at radius 3 is 2.30 bits per heavy atom. The molecular weight excluding hydrogens is 272 g/mol. The van der Waals surface area contributed by atoms with Gasteiger partial charge in [0.25, 0.3) is 0 Å². The molecule has 2 aromatic rings. The van der Waals surface area contributed by atoms with E-state index < -0.39 is 10.0 Å². The van der Waals surface area contributed by atoms with Crippen LogP contribution < -0.4 is 4.72 Å². The molecule has 1 aromatic heterocycles. The lowest BCUT2D eigenvalue weighted by atomic mass is 9.98. The molecule has 1 heterocycles. The molecule has 0 saturated carbocycles. The number of rotatable bonds is 4. The number of nitrogens with zero attached hydrogens (tertiary/aromatic N) is 1. The Morgan fingerprint density at radius 2 is 1.75 bits per heavy atom. The van der Waals surface area contributed by atoms with Crippen molar-refractivity contribution in [1.29, 1.82) is 0 Å². The van der Waals surface area contributed by atoms with Crippen LogP contribution in [0.1, 0.15) is 25.5 Å². The van der Waals surface area contributed by atoms with Gasteiger partial charge in [0.1, 0.15) is 0 Å². The standard InChI is InChI=1S/C15H18N2O2S/c1-11(2)15-14(5-4-10-17-15)12-6-8-13(9-7-12)20(18,19)16-3/h4-11,16H,1-3H3. The summed E-state index contributed by atoms with van der Waals surface area (Å²) >= 11 is 0. The van der Waals surface area contributed by atoms with E-state index in [1.165, 1.54) is 7.05 Å². The number of sulfonamides is 1. The molecule has 2 rings (SSSR count). The van der Waals surface area contributed by atoms with Crippen LogP contribution in [0.15, 0.2) is 47.5 Å². The second-order valence-electron chi connectivity index (χ2n) is 4.82. The van der Waals surface area contributed by atoms with Crippen molar-refractivity contribution >= 4 is 10.0 Å². The fourth-order valence-electron chi connectivity index (χ4n) is 2.05. The summed E-state index contributed by atoms with van der Waals surface area (Å²) in [6.45, 7) is 4.18. The average molecular weight is 290 g/mol. The summed E-state index contributed by atoms with van der Waals surface area (Å²) in [7, 11) is -1.99. The Kier molecular flexibility index (Phi) is 4.20. The Morgan fingerprint density at radius 1 is 1.10 bits per heavy atom. The predicted octanol–water partition coefficient (Wildman–Crippen LogP) is 2.78. The van der Waals surface area contributed by atoms with Gasteiger partial charge in [0, 0.05) is 11.8 Å². The summed E-state index contributed by atoms with van der Waals surface area (Å²) in [5, 5.41) is 0. The molecule has 0 unspecified atom stereocenters. The van der Waals surface area contributed by atoms with Crippen LogP contribution in [-0.4, -0.2) is 20.4 Å². The minimum atomic E-state index is -3.39. The van der Waals surface area contributed by atoms with Gasteiger partial charge < -0.3 is 0 Å². The molecule has 0 aliphatic rings. The van der Waals surface area contributed by atoms with Crippen molar-refractivity contribution in [3.63, 3.8) is 0 Å². The highest BCUT2D eigenvalue weighted by Crippen LogP contribution is 2.27. The van der Waals surface area contributed by atoms with E-state index in [9.17, 15) is 8.42 Å². The van der Waals surface area contributed by atoms with Crippen LogP contribution in [0.25, 0.3) is 11.1 Å². The van der Waals surface area contributed by atoms with Crippen LogP contribution in [0, 0.1) is 0 Å². The van der Waals surface area contributed by atoms with Crippen molar-refractivity contribution in [3.8, 4) is 11.1 Å². The highest BCUT2D eigenvalue weighted by molar-refractivity contribution is 7.89. The first-order valence-corrected chi connectivity index (χ1v) is 7.93. The first kappa shape index (κ1) is 14.7. The number of hydrogen-bond acceptors (Lipinski definition) is 3. The quantitative estimate of drug-likeness (QED) is 0.942. The normalized spacial score (nSPS) is 11.8. The number of pyridine rings is 1. The molecule has 0 atom stereocenters. The predicted molar refractivity (Wildman–Crippen MR) is 80.0 cm³/mol. The van der Waals surface area contributed by atoms with Crippen molar-refractivity contribution in [2.45, 2.75) is 24.7 Å². The van der Waals surface area contributed by atoms with Gasteiger partial charge in [-0.25, -0.2) is 13.1 Å². The van der Waals surface area contributed by atoms with Crippen molar-refractivity contribution in [1.82, 2.24) is 9.71 Å². The topological polar surface area (TPSA) is 59.1 Å². The van der Waals surface area contributed by atoms with Gasteiger partial charge in [-0.2, -0.15) is 0 Å². The number of hydrogen-bond donors (Lipinski definition) is 1. The highest BCUT2D eigenvalue weighted by atomic mass is 32.2. The van der Waals surface area contributed by atoms with E-state index >= 15 is 0 Å². The minimum absolute atomic E-state index is 0.263. The molecule has 0 spiro atoms. The van der Waals surface area contributed by atoms with Crippen molar-refractivity contribution in [2.24, 2.45) is 0 Å². The lowest BCUT2D eigenvalue weighted by Crippen LogP contribution is -2.18. The fraction of sp³-hybridized carbons (Fsp3) is 0.267. The summed E-state index contributed by atoms with van der Waals surface area (Å²) < 4.78 is 25.7. The zero-order chi connectivity index (χ0) is 14.8. The maximum absolute atomic E-state index is 11.7. The maximum Gasteiger partial charge on any atom is 0.240 e. The Bertz CT molecular complexity index is 692. The fourth-order valence-corrected chi connectivity index (χ4v) is 2.78. The number of nitrogens with one attached hydrogen (secondary N) is 1. The Labute approximate surface area is 119 Å². The van der Waals surface area contributed by atoms with Gasteiger partial charge in [-0.1, -0.05) is 32.0 Å². The second kappa shape index (κ2) is 5.73. The van der Waals surface area contributed by atoms with E-state index in [1.807, 2.05) is 24.3 Å². The molecule has 106 valence electrons. The molecular formula is C15H18N2O2S. The third-order valence-corrected chi connectivity index (χ3v) is 4.56. The van der Waals surface area contributed by atoms with Crippen molar-refractivity contribution in [2.75, 3.05) is 7.05 Å². The molecule has 4 nitrogen and oxygen atoms in total. The first-order chi connectivity index (χ1) is 9.45. The summed E-state index contributed by atoms with van der Waals surface area (Å²) in [6.07, 6.45) is 1.78.